The molecule has 7 heteroatoms. The van der Waals surface area contributed by atoms with Crippen molar-refractivity contribution in [2.75, 3.05) is 19.6 Å². The number of carboxylic acid groups (broad SMARTS) is 1. The highest BCUT2D eigenvalue weighted by atomic mass is 19.4. The molecule has 1 fully saturated rings. The SMILES string of the molecule is CCCCCN1CC[C@H](N)C1.O=C(O)C(F)(F)F. The van der Waals surface area contributed by atoms with E-state index in [1.807, 2.05) is 0 Å². The van der Waals surface area contributed by atoms with Gasteiger partial charge in [0.1, 0.15) is 0 Å². The molecular weight excluding hydrogens is 249 g/mol. The van der Waals surface area contributed by atoms with Crippen molar-refractivity contribution in [1.82, 2.24) is 4.90 Å². The van der Waals surface area contributed by atoms with Gasteiger partial charge in [0, 0.05) is 12.6 Å². The Morgan fingerprint density at radius 2 is 2.00 bits per heavy atom. The number of nitrogens with two attached hydrogens (primary N) is 1. The lowest BCUT2D eigenvalue weighted by molar-refractivity contribution is -0.192. The van der Waals surface area contributed by atoms with Crippen LogP contribution in [0.5, 0.6) is 0 Å². The molecule has 1 saturated heterocycles. The number of carbonyl (C=O) groups is 1. The number of hydrogen-bond donors (Lipinski definition) is 2. The van der Waals surface area contributed by atoms with Crippen LogP contribution in [0, 0.1) is 0 Å². The van der Waals surface area contributed by atoms with Gasteiger partial charge >= 0.3 is 12.1 Å². The third-order valence-corrected chi connectivity index (χ3v) is 2.63. The van der Waals surface area contributed by atoms with Crippen molar-refractivity contribution in [3.05, 3.63) is 0 Å². The van der Waals surface area contributed by atoms with Crippen molar-refractivity contribution < 1.29 is 23.1 Å². The van der Waals surface area contributed by atoms with E-state index in [1.54, 1.807) is 0 Å². The predicted octanol–water partition coefficient (Wildman–Crippen LogP) is 1.84. The van der Waals surface area contributed by atoms with Crippen LogP contribution < -0.4 is 5.73 Å². The van der Waals surface area contributed by atoms with E-state index in [4.69, 9.17) is 15.6 Å². The van der Waals surface area contributed by atoms with Crippen molar-refractivity contribution in [2.45, 2.75) is 44.8 Å². The molecule has 1 rings (SSSR count). The first-order valence-electron chi connectivity index (χ1n) is 6.05. The van der Waals surface area contributed by atoms with Crippen LogP contribution in [-0.4, -0.2) is 47.8 Å². The van der Waals surface area contributed by atoms with E-state index in [2.05, 4.69) is 11.8 Å². The van der Waals surface area contributed by atoms with Crippen LogP contribution >= 0.6 is 0 Å². The molecular formula is C11H21F3N2O2. The summed E-state index contributed by atoms with van der Waals surface area (Å²) < 4.78 is 31.7. The number of hydrogen-bond acceptors (Lipinski definition) is 3. The molecule has 1 aliphatic rings. The minimum atomic E-state index is -5.08. The number of alkyl halides is 3. The Morgan fingerprint density at radius 1 is 1.44 bits per heavy atom. The van der Waals surface area contributed by atoms with Crippen LogP contribution in [-0.2, 0) is 4.79 Å². The number of halogens is 3. The standard InChI is InChI=1S/C9H20N2.C2HF3O2/c1-2-3-4-6-11-7-5-9(10)8-11;3-2(4,5)1(6)7/h9H,2-8,10H2,1H3;(H,6,7)/t9-;/m0./s1. The van der Waals surface area contributed by atoms with E-state index in [0.717, 1.165) is 6.54 Å². The molecule has 0 aromatic carbocycles. The second-order valence-electron chi connectivity index (χ2n) is 4.36. The summed E-state index contributed by atoms with van der Waals surface area (Å²) in [6, 6.07) is 0.455. The van der Waals surface area contributed by atoms with E-state index in [-0.39, 0.29) is 0 Å². The summed E-state index contributed by atoms with van der Waals surface area (Å²) in [5.74, 6) is -2.76. The van der Waals surface area contributed by atoms with Gasteiger partial charge in [0.05, 0.1) is 0 Å². The number of aliphatic carboxylic acids is 1. The van der Waals surface area contributed by atoms with Crippen LogP contribution in [0.2, 0.25) is 0 Å². The number of unbranched alkanes of at least 4 members (excludes halogenated alkanes) is 2. The second kappa shape index (κ2) is 8.31. The van der Waals surface area contributed by atoms with Crippen molar-refractivity contribution in [3.8, 4) is 0 Å². The molecule has 3 N–H and O–H groups in total. The van der Waals surface area contributed by atoms with Crippen molar-refractivity contribution in [3.63, 3.8) is 0 Å². The molecule has 0 aromatic heterocycles. The molecule has 0 aliphatic carbocycles. The normalized spacial score (nSPS) is 20.4. The Bertz CT molecular complexity index is 247. The average molecular weight is 270 g/mol. The van der Waals surface area contributed by atoms with Gasteiger partial charge in [-0.25, -0.2) is 4.79 Å². The van der Waals surface area contributed by atoms with Crippen molar-refractivity contribution in [2.24, 2.45) is 5.73 Å². The molecule has 0 bridgehead atoms. The minimum absolute atomic E-state index is 0.455. The Hall–Kier alpha value is -0.820. The minimum Gasteiger partial charge on any atom is -0.475 e. The second-order valence-corrected chi connectivity index (χ2v) is 4.36. The van der Waals surface area contributed by atoms with Gasteiger partial charge in [-0.3, -0.25) is 0 Å². The molecule has 0 radical (unpaired) electrons. The Labute approximate surface area is 105 Å². The Balaban J connectivity index is 0.000000360. The fourth-order valence-electron chi connectivity index (χ4n) is 1.65. The van der Waals surface area contributed by atoms with Crippen molar-refractivity contribution in [1.29, 1.82) is 0 Å². The van der Waals surface area contributed by atoms with E-state index in [1.165, 1.54) is 38.8 Å². The third kappa shape index (κ3) is 8.30. The van der Waals surface area contributed by atoms with Gasteiger partial charge < -0.3 is 15.7 Å². The first-order chi connectivity index (χ1) is 8.27. The maximum atomic E-state index is 10.6. The van der Waals surface area contributed by atoms with Crippen LogP contribution in [0.1, 0.15) is 32.6 Å². The Morgan fingerprint density at radius 3 is 2.33 bits per heavy atom. The molecule has 0 amide bonds. The van der Waals surface area contributed by atoms with Gasteiger partial charge in [-0.05, 0) is 25.9 Å². The summed E-state index contributed by atoms with van der Waals surface area (Å²) in [4.78, 5) is 11.4. The molecule has 1 aliphatic heterocycles. The molecule has 108 valence electrons. The number of likely N-dealkylation sites (tertiary alicyclic amines) is 1. The molecule has 1 atom stereocenters. The van der Waals surface area contributed by atoms with Gasteiger partial charge in [-0.1, -0.05) is 19.8 Å². The van der Waals surface area contributed by atoms with Gasteiger partial charge in [-0.15, -0.1) is 0 Å². The predicted molar refractivity (Wildman–Crippen MR) is 62.2 cm³/mol. The summed E-state index contributed by atoms with van der Waals surface area (Å²) >= 11 is 0. The maximum absolute atomic E-state index is 10.6. The van der Waals surface area contributed by atoms with E-state index in [0.29, 0.717) is 6.04 Å². The molecule has 0 aromatic rings. The summed E-state index contributed by atoms with van der Waals surface area (Å²) in [6.45, 7) is 5.87. The zero-order valence-corrected chi connectivity index (χ0v) is 10.5. The van der Waals surface area contributed by atoms with Gasteiger partial charge in [0.25, 0.3) is 0 Å². The smallest absolute Gasteiger partial charge is 0.475 e. The average Bonchev–Trinajstić information content (AvgIpc) is 2.64. The molecule has 0 saturated carbocycles. The van der Waals surface area contributed by atoms with Gasteiger partial charge in [0.2, 0.25) is 0 Å². The van der Waals surface area contributed by atoms with E-state index < -0.39 is 12.1 Å². The first-order valence-corrected chi connectivity index (χ1v) is 6.05. The summed E-state index contributed by atoms with van der Waals surface area (Å²) in [5, 5.41) is 7.12. The zero-order valence-electron chi connectivity index (χ0n) is 10.5. The first kappa shape index (κ1) is 17.2. The molecule has 18 heavy (non-hydrogen) atoms. The molecule has 0 unspecified atom stereocenters. The molecule has 4 nitrogen and oxygen atoms in total. The van der Waals surface area contributed by atoms with Gasteiger partial charge in [-0.2, -0.15) is 13.2 Å². The lowest BCUT2D eigenvalue weighted by Crippen LogP contribution is -2.27. The quantitative estimate of drug-likeness (QED) is 0.765. The highest BCUT2D eigenvalue weighted by Gasteiger charge is 2.38. The fraction of sp³-hybridized carbons (Fsp3) is 0.909. The van der Waals surface area contributed by atoms with Gasteiger partial charge in [0.15, 0.2) is 0 Å². The summed E-state index contributed by atoms with van der Waals surface area (Å²) in [7, 11) is 0. The van der Waals surface area contributed by atoms with Crippen molar-refractivity contribution >= 4 is 5.97 Å². The van der Waals surface area contributed by atoms with Crippen LogP contribution in [0.15, 0.2) is 0 Å². The largest absolute Gasteiger partial charge is 0.490 e. The highest BCUT2D eigenvalue weighted by Crippen LogP contribution is 2.13. The summed E-state index contributed by atoms with van der Waals surface area (Å²) in [6.07, 6.45) is 0.154. The zero-order chi connectivity index (χ0) is 14.2. The lowest BCUT2D eigenvalue weighted by atomic mass is 10.2. The maximum Gasteiger partial charge on any atom is 0.490 e. The number of rotatable bonds is 4. The van der Waals surface area contributed by atoms with E-state index in [9.17, 15) is 13.2 Å². The number of carboxylic acids is 1. The Kier molecular flexibility index (Phi) is 7.93. The topological polar surface area (TPSA) is 66.6 Å². The number of nitrogens with zero attached hydrogens (tertiary/aromatic N) is 1. The van der Waals surface area contributed by atoms with Crippen LogP contribution in [0.25, 0.3) is 0 Å². The third-order valence-electron chi connectivity index (χ3n) is 2.63. The summed E-state index contributed by atoms with van der Waals surface area (Å²) in [5.41, 5.74) is 5.79. The van der Waals surface area contributed by atoms with Crippen LogP contribution in [0.3, 0.4) is 0 Å². The monoisotopic (exact) mass is 270 g/mol. The molecule has 1 heterocycles. The van der Waals surface area contributed by atoms with E-state index >= 15 is 0 Å². The fourth-order valence-corrected chi connectivity index (χ4v) is 1.65. The lowest BCUT2D eigenvalue weighted by Gasteiger charge is -2.13. The highest BCUT2D eigenvalue weighted by molar-refractivity contribution is 5.73. The van der Waals surface area contributed by atoms with Crippen LogP contribution in [0.4, 0.5) is 13.2 Å². The molecule has 0 spiro atoms.